The topological polar surface area (TPSA) is 72.9 Å². The fourth-order valence-electron chi connectivity index (χ4n) is 1.77. The highest BCUT2D eigenvalue weighted by molar-refractivity contribution is 6.00. The highest BCUT2D eigenvalue weighted by Crippen LogP contribution is 2.33. The predicted molar refractivity (Wildman–Crippen MR) is 68.3 cm³/mol. The molecule has 0 radical (unpaired) electrons. The highest BCUT2D eigenvalue weighted by Gasteiger charge is 2.45. The van der Waals surface area contributed by atoms with Gasteiger partial charge in [0.15, 0.2) is 0 Å². The van der Waals surface area contributed by atoms with Crippen molar-refractivity contribution < 1.29 is 4.79 Å². The van der Waals surface area contributed by atoms with Crippen LogP contribution in [0, 0.1) is 0 Å². The maximum Gasteiger partial charge on any atom is 0.244 e. The standard InChI is InChI=1S/C13H14N4O/c14-13(4-5-13)12(18)16-10-2-1-3-11(8-10)17-7-6-15-9-17/h1-3,6-9H,4-5,14H2,(H,16,18). The second-order valence-corrected chi connectivity index (χ2v) is 4.63. The Hall–Kier alpha value is -2.14. The first-order valence-electron chi connectivity index (χ1n) is 5.86. The summed E-state index contributed by atoms with van der Waals surface area (Å²) in [6.07, 6.45) is 6.81. The molecule has 0 spiro atoms. The summed E-state index contributed by atoms with van der Waals surface area (Å²) in [5, 5.41) is 2.85. The molecule has 5 nitrogen and oxygen atoms in total. The molecule has 1 aromatic heterocycles. The summed E-state index contributed by atoms with van der Waals surface area (Å²) in [5.41, 5.74) is 6.90. The van der Waals surface area contributed by atoms with Gasteiger partial charge in [-0.05, 0) is 31.0 Å². The number of nitrogens with one attached hydrogen (secondary N) is 1. The summed E-state index contributed by atoms with van der Waals surface area (Å²) >= 11 is 0. The number of imidazole rings is 1. The van der Waals surface area contributed by atoms with Crippen LogP contribution in [-0.2, 0) is 4.79 Å². The zero-order chi connectivity index (χ0) is 12.6. The van der Waals surface area contributed by atoms with Crippen molar-refractivity contribution in [2.75, 3.05) is 5.32 Å². The van der Waals surface area contributed by atoms with E-state index in [1.54, 1.807) is 12.5 Å². The molecule has 1 aliphatic rings. The van der Waals surface area contributed by atoms with Crippen LogP contribution >= 0.6 is 0 Å². The Morgan fingerprint density at radius 2 is 2.28 bits per heavy atom. The smallest absolute Gasteiger partial charge is 0.244 e. The number of nitrogens with two attached hydrogens (primary N) is 1. The number of benzene rings is 1. The van der Waals surface area contributed by atoms with Gasteiger partial charge in [0.2, 0.25) is 5.91 Å². The molecule has 1 aromatic carbocycles. The summed E-state index contributed by atoms with van der Waals surface area (Å²) in [5.74, 6) is -0.106. The van der Waals surface area contributed by atoms with E-state index >= 15 is 0 Å². The highest BCUT2D eigenvalue weighted by atomic mass is 16.2. The van der Waals surface area contributed by atoms with Crippen LogP contribution in [0.25, 0.3) is 5.69 Å². The minimum atomic E-state index is -0.648. The van der Waals surface area contributed by atoms with Gasteiger partial charge in [-0.3, -0.25) is 4.79 Å². The van der Waals surface area contributed by atoms with E-state index in [0.717, 1.165) is 24.2 Å². The first-order valence-corrected chi connectivity index (χ1v) is 5.86. The maximum atomic E-state index is 11.8. The van der Waals surface area contributed by atoms with Crippen LogP contribution in [0.3, 0.4) is 0 Å². The number of rotatable bonds is 3. The van der Waals surface area contributed by atoms with Crippen molar-refractivity contribution >= 4 is 11.6 Å². The fourth-order valence-corrected chi connectivity index (χ4v) is 1.77. The summed E-state index contributed by atoms with van der Waals surface area (Å²) in [6.45, 7) is 0. The normalized spacial score (nSPS) is 16.3. The Labute approximate surface area is 105 Å². The van der Waals surface area contributed by atoms with Gasteiger partial charge in [0.25, 0.3) is 0 Å². The molecule has 0 aliphatic heterocycles. The van der Waals surface area contributed by atoms with Crippen LogP contribution in [0.15, 0.2) is 43.0 Å². The maximum absolute atomic E-state index is 11.8. The van der Waals surface area contributed by atoms with Gasteiger partial charge in [0.1, 0.15) is 0 Å². The number of carbonyl (C=O) groups excluding carboxylic acids is 1. The number of hydrogen-bond donors (Lipinski definition) is 2. The molecular formula is C13H14N4O. The van der Waals surface area contributed by atoms with Crippen molar-refractivity contribution in [2.45, 2.75) is 18.4 Å². The van der Waals surface area contributed by atoms with Crippen LogP contribution in [0.1, 0.15) is 12.8 Å². The molecule has 3 N–H and O–H groups in total. The van der Waals surface area contributed by atoms with Crippen molar-refractivity contribution in [3.63, 3.8) is 0 Å². The van der Waals surface area contributed by atoms with E-state index in [4.69, 9.17) is 5.73 Å². The number of anilines is 1. The van der Waals surface area contributed by atoms with E-state index in [0.29, 0.717) is 0 Å². The zero-order valence-electron chi connectivity index (χ0n) is 9.84. The van der Waals surface area contributed by atoms with Crippen molar-refractivity contribution in [3.05, 3.63) is 43.0 Å². The molecule has 18 heavy (non-hydrogen) atoms. The Kier molecular flexibility index (Phi) is 2.41. The van der Waals surface area contributed by atoms with Crippen molar-refractivity contribution in [1.82, 2.24) is 9.55 Å². The summed E-state index contributed by atoms with van der Waals surface area (Å²) in [7, 11) is 0. The van der Waals surface area contributed by atoms with E-state index in [1.807, 2.05) is 35.0 Å². The largest absolute Gasteiger partial charge is 0.324 e. The minimum Gasteiger partial charge on any atom is -0.324 e. The lowest BCUT2D eigenvalue weighted by molar-refractivity contribution is -0.118. The molecule has 1 heterocycles. The first-order chi connectivity index (χ1) is 8.67. The van der Waals surface area contributed by atoms with Gasteiger partial charge in [0.05, 0.1) is 11.9 Å². The molecule has 0 unspecified atom stereocenters. The lowest BCUT2D eigenvalue weighted by Gasteiger charge is -2.11. The van der Waals surface area contributed by atoms with E-state index < -0.39 is 5.54 Å². The molecular weight excluding hydrogens is 228 g/mol. The molecule has 92 valence electrons. The molecule has 0 saturated heterocycles. The number of aromatic nitrogens is 2. The Balaban J connectivity index is 1.81. The number of carbonyl (C=O) groups is 1. The van der Waals surface area contributed by atoms with E-state index in [2.05, 4.69) is 10.3 Å². The Morgan fingerprint density at radius 3 is 2.94 bits per heavy atom. The summed E-state index contributed by atoms with van der Waals surface area (Å²) in [6, 6.07) is 7.59. The summed E-state index contributed by atoms with van der Waals surface area (Å²) < 4.78 is 1.88. The molecule has 5 heteroatoms. The average Bonchev–Trinajstić information content (AvgIpc) is 2.93. The zero-order valence-corrected chi connectivity index (χ0v) is 9.84. The lowest BCUT2D eigenvalue weighted by atomic mass is 10.2. The van der Waals surface area contributed by atoms with Crippen LogP contribution in [-0.4, -0.2) is 21.0 Å². The molecule has 0 atom stereocenters. The van der Waals surface area contributed by atoms with Crippen LogP contribution in [0.5, 0.6) is 0 Å². The van der Waals surface area contributed by atoms with Gasteiger partial charge in [-0.1, -0.05) is 6.07 Å². The SMILES string of the molecule is NC1(C(=O)Nc2cccc(-n3ccnc3)c2)CC1. The fraction of sp³-hybridized carbons (Fsp3) is 0.231. The average molecular weight is 242 g/mol. The monoisotopic (exact) mass is 242 g/mol. The molecule has 3 rings (SSSR count). The van der Waals surface area contributed by atoms with Crippen LogP contribution in [0.4, 0.5) is 5.69 Å². The molecule has 2 aromatic rings. The Bertz CT molecular complexity index is 572. The second-order valence-electron chi connectivity index (χ2n) is 4.63. The molecule has 1 saturated carbocycles. The van der Waals surface area contributed by atoms with Crippen LogP contribution < -0.4 is 11.1 Å². The van der Waals surface area contributed by atoms with Gasteiger partial charge in [-0.25, -0.2) is 4.98 Å². The third kappa shape index (κ3) is 2.00. The van der Waals surface area contributed by atoms with Crippen molar-refractivity contribution in [3.8, 4) is 5.69 Å². The van der Waals surface area contributed by atoms with Gasteiger partial charge in [-0.2, -0.15) is 0 Å². The molecule has 0 bridgehead atoms. The number of nitrogens with zero attached hydrogens (tertiary/aromatic N) is 2. The quantitative estimate of drug-likeness (QED) is 0.852. The van der Waals surface area contributed by atoms with Gasteiger partial charge >= 0.3 is 0 Å². The minimum absolute atomic E-state index is 0.106. The number of hydrogen-bond acceptors (Lipinski definition) is 3. The third-order valence-electron chi connectivity index (χ3n) is 3.15. The second kappa shape index (κ2) is 3.96. The van der Waals surface area contributed by atoms with E-state index in [-0.39, 0.29) is 5.91 Å². The van der Waals surface area contributed by atoms with Crippen molar-refractivity contribution in [1.29, 1.82) is 0 Å². The third-order valence-corrected chi connectivity index (χ3v) is 3.15. The predicted octanol–water partition coefficient (Wildman–Crippen LogP) is 1.30. The molecule has 1 aliphatic carbocycles. The Morgan fingerprint density at radius 1 is 1.44 bits per heavy atom. The van der Waals surface area contributed by atoms with Gasteiger partial charge in [0, 0.05) is 23.8 Å². The van der Waals surface area contributed by atoms with Crippen LogP contribution in [0.2, 0.25) is 0 Å². The van der Waals surface area contributed by atoms with Gasteiger partial charge < -0.3 is 15.6 Å². The molecule has 1 amide bonds. The first kappa shape index (κ1) is 11.0. The number of amides is 1. The van der Waals surface area contributed by atoms with E-state index in [1.165, 1.54) is 0 Å². The van der Waals surface area contributed by atoms with E-state index in [9.17, 15) is 4.79 Å². The van der Waals surface area contributed by atoms with Crippen molar-refractivity contribution in [2.24, 2.45) is 5.73 Å². The summed E-state index contributed by atoms with van der Waals surface area (Å²) in [4.78, 5) is 15.8. The molecule has 1 fully saturated rings. The lowest BCUT2D eigenvalue weighted by Crippen LogP contribution is -2.37. The van der Waals surface area contributed by atoms with Gasteiger partial charge in [-0.15, -0.1) is 0 Å².